The molecule has 1 aliphatic rings. The standard InChI is InChI=1S/C14H14FN7/c15-11-7-10(1-2-16-11)21-3-5-22(6-4-21)14-12-13(18-8-17-12)19-9-20-14/h1-2,7-9H,3-6H2,(H,17,18,19,20). The van der Waals surface area contributed by atoms with Crippen molar-refractivity contribution in [2.75, 3.05) is 36.0 Å². The summed E-state index contributed by atoms with van der Waals surface area (Å²) in [6, 6.07) is 3.30. The van der Waals surface area contributed by atoms with E-state index in [0.29, 0.717) is 5.65 Å². The van der Waals surface area contributed by atoms with Gasteiger partial charge >= 0.3 is 0 Å². The first-order valence-electron chi connectivity index (χ1n) is 7.07. The number of rotatable bonds is 2. The average molecular weight is 299 g/mol. The van der Waals surface area contributed by atoms with Crippen LogP contribution in [0.2, 0.25) is 0 Å². The lowest BCUT2D eigenvalue weighted by atomic mass is 10.2. The second kappa shape index (κ2) is 5.21. The van der Waals surface area contributed by atoms with E-state index in [1.807, 2.05) is 6.07 Å². The normalized spacial score (nSPS) is 15.5. The minimum Gasteiger partial charge on any atom is -0.368 e. The summed E-state index contributed by atoms with van der Waals surface area (Å²) in [5, 5.41) is 0. The van der Waals surface area contributed by atoms with Crippen LogP contribution in [0.25, 0.3) is 11.2 Å². The first kappa shape index (κ1) is 12.9. The Labute approximate surface area is 125 Å². The van der Waals surface area contributed by atoms with Crippen molar-refractivity contribution in [3.05, 3.63) is 36.9 Å². The van der Waals surface area contributed by atoms with Crippen LogP contribution in [0.1, 0.15) is 0 Å². The van der Waals surface area contributed by atoms with Crippen molar-refractivity contribution in [1.82, 2.24) is 24.9 Å². The van der Waals surface area contributed by atoms with Gasteiger partial charge in [0.05, 0.1) is 6.33 Å². The van der Waals surface area contributed by atoms with Crippen molar-refractivity contribution in [3.8, 4) is 0 Å². The Morgan fingerprint density at radius 1 is 1.00 bits per heavy atom. The highest BCUT2D eigenvalue weighted by Crippen LogP contribution is 2.23. The summed E-state index contributed by atoms with van der Waals surface area (Å²) in [7, 11) is 0. The van der Waals surface area contributed by atoms with Crippen molar-refractivity contribution in [2.24, 2.45) is 0 Å². The smallest absolute Gasteiger partial charge is 0.214 e. The number of anilines is 2. The van der Waals surface area contributed by atoms with Crippen LogP contribution in [0.3, 0.4) is 0 Å². The predicted molar refractivity (Wildman–Crippen MR) is 80.3 cm³/mol. The Morgan fingerprint density at radius 3 is 2.64 bits per heavy atom. The van der Waals surface area contributed by atoms with Crippen LogP contribution >= 0.6 is 0 Å². The fourth-order valence-electron chi connectivity index (χ4n) is 2.76. The zero-order valence-electron chi connectivity index (χ0n) is 11.8. The molecule has 0 amide bonds. The fraction of sp³-hybridized carbons (Fsp3) is 0.286. The number of pyridine rings is 1. The van der Waals surface area contributed by atoms with Gasteiger partial charge in [0.1, 0.15) is 11.8 Å². The number of aromatic nitrogens is 5. The molecule has 22 heavy (non-hydrogen) atoms. The van der Waals surface area contributed by atoms with Crippen LogP contribution < -0.4 is 9.80 Å². The minimum atomic E-state index is -0.449. The van der Waals surface area contributed by atoms with Crippen molar-refractivity contribution in [3.63, 3.8) is 0 Å². The summed E-state index contributed by atoms with van der Waals surface area (Å²) in [5.41, 5.74) is 2.39. The van der Waals surface area contributed by atoms with Crippen LogP contribution in [0.15, 0.2) is 31.0 Å². The molecular weight excluding hydrogens is 285 g/mol. The molecule has 0 spiro atoms. The number of aromatic amines is 1. The van der Waals surface area contributed by atoms with Crippen molar-refractivity contribution in [1.29, 1.82) is 0 Å². The molecule has 3 aromatic rings. The Bertz CT molecular complexity index is 794. The van der Waals surface area contributed by atoms with Crippen molar-refractivity contribution in [2.45, 2.75) is 0 Å². The van der Waals surface area contributed by atoms with E-state index in [9.17, 15) is 4.39 Å². The lowest BCUT2D eigenvalue weighted by Gasteiger charge is -2.36. The van der Waals surface area contributed by atoms with Gasteiger partial charge in [0.2, 0.25) is 5.95 Å². The van der Waals surface area contributed by atoms with Crippen molar-refractivity contribution < 1.29 is 4.39 Å². The molecule has 0 bridgehead atoms. The van der Waals surface area contributed by atoms with Gasteiger partial charge in [-0.1, -0.05) is 0 Å². The average Bonchev–Trinajstić information content (AvgIpc) is 3.04. The monoisotopic (exact) mass is 299 g/mol. The Morgan fingerprint density at radius 2 is 1.82 bits per heavy atom. The van der Waals surface area contributed by atoms with E-state index in [1.54, 1.807) is 6.33 Å². The summed E-state index contributed by atoms with van der Waals surface area (Å²) >= 11 is 0. The van der Waals surface area contributed by atoms with Gasteiger partial charge in [0.15, 0.2) is 11.5 Å². The molecule has 1 saturated heterocycles. The number of nitrogens with zero attached hydrogens (tertiary/aromatic N) is 6. The molecule has 0 radical (unpaired) electrons. The number of fused-ring (bicyclic) bond motifs is 1. The van der Waals surface area contributed by atoms with Crippen LogP contribution in [-0.4, -0.2) is 51.1 Å². The number of hydrogen-bond acceptors (Lipinski definition) is 6. The quantitative estimate of drug-likeness (QED) is 0.717. The Balaban J connectivity index is 1.53. The maximum Gasteiger partial charge on any atom is 0.214 e. The van der Waals surface area contributed by atoms with E-state index in [0.717, 1.165) is 43.2 Å². The van der Waals surface area contributed by atoms with Crippen molar-refractivity contribution >= 4 is 22.7 Å². The molecule has 1 aliphatic heterocycles. The predicted octanol–water partition coefficient (Wildman–Crippen LogP) is 1.21. The molecule has 0 aromatic carbocycles. The van der Waals surface area contributed by atoms with E-state index in [-0.39, 0.29) is 0 Å². The number of halogens is 1. The lowest BCUT2D eigenvalue weighted by Crippen LogP contribution is -2.47. The largest absolute Gasteiger partial charge is 0.368 e. The molecule has 1 fully saturated rings. The van der Waals surface area contributed by atoms with Gasteiger partial charge in [-0.25, -0.2) is 19.9 Å². The van der Waals surface area contributed by atoms with E-state index in [1.165, 1.54) is 18.6 Å². The number of piperazine rings is 1. The molecule has 4 rings (SSSR count). The fourth-order valence-corrected chi connectivity index (χ4v) is 2.76. The third kappa shape index (κ3) is 2.22. The highest BCUT2D eigenvalue weighted by Gasteiger charge is 2.21. The molecule has 112 valence electrons. The maximum absolute atomic E-state index is 13.2. The van der Waals surface area contributed by atoms with Gasteiger partial charge in [-0.2, -0.15) is 4.39 Å². The summed E-state index contributed by atoms with van der Waals surface area (Å²) < 4.78 is 13.2. The number of hydrogen-bond donors (Lipinski definition) is 1. The molecule has 0 aliphatic carbocycles. The molecule has 1 N–H and O–H groups in total. The number of H-pyrrole nitrogens is 1. The molecular formula is C14H14FN7. The van der Waals surface area contributed by atoms with Crippen LogP contribution in [0.5, 0.6) is 0 Å². The minimum absolute atomic E-state index is 0.449. The second-order valence-corrected chi connectivity index (χ2v) is 5.11. The molecule has 8 heteroatoms. The zero-order chi connectivity index (χ0) is 14.9. The lowest BCUT2D eigenvalue weighted by molar-refractivity contribution is 0.580. The molecule has 4 heterocycles. The van der Waals surface area contributed by atoms with Gasteiger partial charge in [-0.3, -0.25) is 0 Å². The molecule has 3 aromatic heterocycles. The third-order valence-corrected chi connectivity index (χ3v) is 3.86. The zero-order valence-corrected chi connectivity index (χ0v) is 11.8. The van der Waals surface area contributed by atoms with Gasteiger partial charge in [0, 0.05) is 44.1 Å². The van der Waals surface area contributed by atoms with Crippen LogP contribution in [0.4, 0.5) is 15.9 Å². The topological polar surface area (TPSA) is 73.8 Å². The number of imidazole rings is 1. The van der Waals surface area contributed by atoms with E-state index >= 15 is 0 Å². The Kier molecular flexibility index (Phi) is 3.06. The third-order valence-electron chi connectivity index (χ3n) is 3.86. The van der Waals surface area contributed by atoms with Gasteiger partial charge < -0.3 is 14.8 Å². The summed E-state index contributed by atoms with van der Waals surface area (Å²) in [4.78, 5) is 23.7. The second-order valence-electron chi connectivity index (χ2n) is 5.11. The van der Waals surface area contributed by atoms with Crippen LogP contribution in [0, 0.1) is 5.95 Å². The van der Waals surface area contributed by atoms with Gasteiger partial charge in [0.25, 0.3) is 0 Å². The molecule has 0 atom stereocenters. The first-order chi connectivity index (χ1) is 10.8. The summed E-state index contributed by atoms with van der Waals surface area (Å²) in [6.07, 6.45) is 4.65. The van der Waals surface area contributed by atoms with E-state index in [2.05, 4.69) is 34.7 Å². The first-order valence-corrected chi connectivity index (χ1v) is 7.07. The highest BCUT2D eigenvalue weighted by atomic mass is 19.1. The van der Waals surface area contributed by atoms with E-state index < -0.39 is 5.95 Å². The van der Waals surface area contributed by atoms with Crippen LogP contribution in [-0.2, 0) is 0 Å². The SMILES string of the molecule is Fc1cc(N2CCN(c3ncnc4nc[nH]c34)CC2)ccn1. The number of nitrogens with one attached hydrogen (secondary N) is 1. The molecule has 0 unspecified atom stereocenters. The van der Waals surface area contributed by atoms with Gasteiger partial charge in [-0.05, 0) is 6.07 Å². The molecule has 7 nitrogen and oxygen atoms in total. The summed E-state index contributed by atoms with van der Waals surface area (Å²) in [5.74, 6) is 0.415. The van der Waals surface area contributed by atoms with Gasteiger partial charge in [-0.15, -0.1) is 0 Å². The highest BCUT2D eigenvalue weighted by molar-refractivity contribution is 5.82. The maximum atomic E-state index is 13.2. The van der Waals surface area contributed by atoms with E-state index in [4.69, 9.17) is 0 Å². The molecule has 0 saturated carbocycles. The Hall–Kier alpha value is -2.77. The summed E-state index contributed by atoms with van der Waals surface area (Å²) in [6.45, 7) is 3.19.